The zero-order valence-corrected chi connectivity index (χ0v) is 14.3. The molecule has 2 heterocycles. The predicted molar refractivity (Wildman–Crippen MR) is 98.4 cm³/mol. The van der Waals surface area contributed by atoms with Crippen LogP contribution in [0.1, 0.15) is 20.1 Å². The number of benzene rings is 1. The number of fused-ring (bicyclic) bond motifs is 1. The van der Waals surface area contributed by atoms with E-state index in [0.717, 1.165) is 10.4 Å². The molecule has 1 unspecified atom stereocenters. The van der Waals surface area contributed by atoms with Crippen LogP contribution >= 0.6 is 22.7 Å². The van der Waals surface area contributed by atoms with Gasteiger partial charge in [-0.2, -0.15) is 0 Å². The molecule has 24 heavy (non-hydrogen) atoms. The Kier molecular flexibility index (Phi) is 5.42. The number of thiophene rings is 2. The third kappa shape index (κ3) is 3.91. The normalized spacial score (nSPS) is 12.8. The van der Waals surface area contributed by atoms with Gasteiger partial charge in [0.15, 0.2) is 0 Å². The zero-order valence-electron chi connectivity index (χ0n) is 12.7. The SMILES string of the molecule is O=C(OCC(O)CO)c1ccc(C=Cc2csc3ccccc23)s1. The van der Waals surface area contributed by atoms with Crippen molar-refractivity contribution in [2.24, 2.45) is 0 Å². The second-order valence-electron chi connectivity index (χ2n) is 5.16. The highest BCUT2D eigenvalue weighted by Crippen LogP contribution is 2.28. The minimum absolute atomic E-state index is 0.209. The molecule has 0 aliphatic carbocycles. The summed E-state index contributed by atoms with van der Waals surface area (Å²) in [5.74, 6) is -0.492. The lowest BCUT2D eigenvalue weighted by Gasteiger charge is -2.06. The van der Waals surface area contributed by atoms with Crippen molar-refractivity contribution >= 4 is 50.9 Å². The zero-order chi connectivity index (χ0) is 16.9. The Morgan fingerprint density at radius 1 is 1.21 bits per heavy atom. The smallest absolute Gasteiger partial charge is 0.348 e. The summed E-state index contributed by atoms with van der Waals surface area (Å²) in [5, 5.41) is 21.2. The molecule has 0 spiro atoms. The number of hydrogen-bond acceptors (Lipinski definition) is 6. The first-order valence-electron chi connectivity index (χ1n) is 7.37. The van der Waals surface area contributed by atoms with Crippen LogP contribution in [-0.4, -0.2) is 35.5 Å². The highest BCUT2D eigenvalue weighted by molar-refractivity contribution is 7.17. The maximum absolute atomic E-state index is 11.9. The molecular weight excluding hydrogens is 344 g/mol. The molecule has 0 bridgehead atoms. The van der Waals surface area contributed by atoms with E-state index in [2.05, 4.69) is 17.5 Å². The average Bonchev–Trinajstić information content (AvgIpc) is 3.24. The Morgan fingerprint density at radius 3 is 2.88 bits per heavy atom. The standard InChI is InChI=1S/C18H16O4S2/c19-9-13(20)10-22-18(21)17-8-7-14(24-17)6-5-12-11-23-16-4-2-1-3-15(12)16/h1-8,11,13,19-20H,9-10H2. The average molecular weight is 360 g/mol. The number of rotatable bonds is 6. The number of carbonyl (C=O) groups is 1. The molecule has 1 atom stereocenters. The summed E-state index contributed by atoms with van der Waals surface area (Å²) in [5.41, 5.74) is 1.15. The molecular formula is C18H16O4S2. The third-order valence-corrected chi connectivity index (χ3v) is 5.40. The molecule has 124 valence electrons. The maximum atomic E-state index is 11.9. The van der Waals surface area contributed by atoms with Gasteiger partial charge in [0, 0.05) is 9.58 Å². The minimum atomic E-state index is -1.04. The van der Waals surface area contributed by atoms with Gasteiger partial charge in [0.2, 0.25) is 0 Å². The van der Waals surface area contributed by atoms with E-state index in [4.69, 9.17) is 9.84 Å². The maximum Gasteiger partial charge on any atom is 0.348 e. The van der Waals surface area contributed by atoms with E-state index in [0.29, 0.717) is 4.88 Å². The Bertz CT molecular complexity index is 863. The number of aliphatic hydroxyl groups excluding tert-OH is 2. The molecule has 2 aromatic heterocycles. The minimum Gasteiger partial charge on any atom is -0.459 e. The molecule has 6 heteroatoms. The first kappa shape index (κ1) is 16.9. The number of hydrogen-bond donors (Lipinski definition) is 2. The van der Waals surface area contributed by atoms with Gasteiger partial charge in [0.05, 0.1) is 6.61 Å². The van der Waals surface area contributed by atoms with Crippen LogP contribution in [-0.2, 0) is 4.74 Å². The topological polar surface area (TPSA) is 66.8 Å². The molecule has 0 fully saturated rings. The summed E-state index contributed by atoms with van der Waals surface area (Å²) in [6.07, 6.45) is 2.97. The van der Waals surface area contributed by atoms with Gasteiger partial charge in [0.25, 0.3) is 0 Å². The van der Waals surface area contributed by atoms with Crippen molar-refractivity contribution in [3.05, 3.63) is 57.1 Å². The van der Waals surface area contributed by atoms with Crippen molar-refractivity contribution in [3.63, 3.8) is 0 Å². The Morgan fingerprint density at radius 2 is 2.04 bits per heavy atom. The summed E-state index contributed by atoms with van der Waals surface area (Å²) in [7, 11) is 0. The third-order valence-electron chi connectivity index (χ3n) is 3.38. The summed E-state index contributed by atoms with van der Waals surface area (Å²) in [6, 6.07) is 11.8. The number of carbonyl (C=O) groups excluding carboxylic acids is 1. The first-order valence-corrected chi connectivity index (χ1v) is 9.07. The molecule has 4 nitrogen and oxygen atoms in total. The highest BCUT2D eigenvalue weighted by atomic mass is 32.1. The second kappa shape index (κ2) is 7.72. The molecule has 1 aromatic carbocycles. The van der Waals surface area contributed by atoms with Crippen LogP contribution in [0.5, 0.6) is 0 Å². The Balaban J connectivity index is 1.68. The van der Waals surface area contributed by atoms with Crippen molar-refractivity contribution in [2.45, 2.75) is 6.10 Å². The van der Waals surface area contributed by atoms with Gasteiger partial charge in [-0.3, -0.25) is 0 Å². The van der Waals surface area contributed by atoms with Gasteiger partial charge in [-0.15, -0.1) is 22.7 Å². The van der Waals surface area contributed by atoms with Gasteiger partial charge in [-0.05, 0) is 40.6 Å². The van der Waals surface area contributed by atoms with Gasteiger partial charge in [-0.1, -0.05) is 24.3 Å². The molecule has 0 aliphatic rings. The van der Waals surface area contributed by atoms with Crippen molar-refractivity contribution in [1.29, 1.82) is 0 Å². The lowest BCUT2D eigenvalue weighted by atomic mass is 10.1. The fourth-order valence-electron chi connectivity index (χ4n) is 2.15. The van der Waals surface area contributed by atoms with Crippen LogP contribution in [0.2, 0.25) is 0 Å². The molecule has 3 aromatic rings. The van der Waals surface area contributed by atoms with Gasteiger partial charge < -0.3 is 14.9 Å². The molecule has 0 aliphatic heterocycles. The molecule has 3 rings (SSSR count). The predicted octanol–water partition coefficient (Wildman–Crippen LogP) is 3.64. The Hall–Kier alpha value is -1.99. The Labute approximate surface area is 147 Å². The molecule has 0 radical (unpaired) electrons. The quantitative estimate of drug-likeness (QED) is 0.659. The summed E-state index contributed by atoms with van der Waals surface area (Å²) in [6.45, 7) is -0.639. The van der Waals surface area contributed by atoms with Crippen LogP contribution in [0.3, 0.4) is 0 Å². The van der Waals surface area contributed by atoms with E-state index >= 15 is 0 Å². The van der Waals surface area contributed by atoms with Crippen LogP contribution < -0.4 is 0 Å². The summed E-state index contributed by atoms with van der Waals surface area (Å²) < 4.78 is 6.19. The first-order chi connectivity index (χ1) is 11.7. The molecule has 2 N–H and O–H groups in total. The van der Waals surface area contributed by atoms with Crippen LogP contribution in [0.4, 0.5) is 0 Å². The molecule has 0 saturated carbocycles. The fourth-order valence-corrected chi connectivity index (χ4v) is 3.88. The number of aliphatic hydroxyl groups is 2. The van der Waals surface area contributed by atoms with Crippen molar-refractivity contribution in [3.8, 4) is 0 Å². The monoisotopic (exact) mass is 360 g/mol. The van der Waals surface area contributed by atoms with E-state index in [9.17, 15) is 9.90 Å². The van der Waals surface area contributed by atoms with Gasteiger partial charge >= 0.3 is 5.97 Å². The van der Waals surface area contributed by atoms with E-state index in [1.165, 1.54) is 21.4 Å². The van der Waals surface area contributed by atoms with E-state index in [1.807, 2.05) is 30.4 Å². The summed E-state index contributed by atoms with van der Waals surface area (Å²) in [4.78, 5) is 13.3. The van der Waals surface area contributed by atoms with Crippen LogP contribution in [0.25, 0.3) is 22.2 Å². The van der Waals surface area contributed by atoms with Crippen molar-refractivity contribution in [1.82, 2.24) is 0 Å². The largest absolute Gasteiger partial charge is 0.459 e. The number of ether oxygens (including phenoxy) is 1. The van der Waals surface area contributed by atoms with E-state index < -0.39 is 18.7 Å². The number of esters is 1. The lowest BCUT2D eigenvalue weighted by Crippen LogP contribution is -2.21. The summed E-state index contributed by atoms with van der Waals surface area (Å²) >= 11 is 3.03. The second-order valence-corrected chi connectivity index (χ2v) is 7.18. The van der Waals surface area contributed by atoms with Crippen LogP contribution in [0, 0.1) is 0 Å². The highest BCUT2D eigenvalue weighted by Gasteiger charge is 2.12. The van der Waals surface area contributed by atoms with Crippen LogP contribution in [0.15, 0.2) is 41.8 Å². The van der Waals surface area contributed by atoms with E-state index in [-0.39, 0.29) is 6.61 Å². The molecule has 0 amide bonds. The van der Waals surface area contributed by atoms with Gasteiger partial charge in [-0.25, -0.2) is 4.79 Å². The molecule has 0 saturated heterocycles. The van der Waals surface area contributed by atoms with E-state index in [1.54, 1.807) is 17.4 Å². The fraction of sp³-hybridized carbons (Fsp3) is 0.167. The van der Waals surface area contributed by atoms with Gasteiger partial charge in [0.1, 0.15) is 17.6 Å². The lowest BCUT2D eigenvalue weighted by molar-refractivity contribution is 0.00971. The van der Waals surface area contributed by atoms with Crippen molar-refractivity contribution < 1.29 is 19.7 Å². The van der Waals surface area contributed by atoms with Crippen molar-refractivity contribution in [2.75, 3.05) is 13.2 Å².